The molecule has 0 aromatic heterocycles. The van der Waals surface area contributed by atoms with E-state index in [4.69, 9.17) is 5.73 Å². The van der Waals surface area contributed by atoms with Gasteiger partial charge in [0.1, 0.15) is 0 Å². The van der Waals surface area contributed by atoms with E-state index in [0.29, 0.717) is 6.04 Å². The fraction of sp³-hybridized carbons (Fsp3) is 0.250. The number of anilines is 1. The SMILES string of the molecule is Nc1ccc(/C=C/C(=O)NC2CC2)cc1. The summed E-state index contributed by atoms with van der Waals surface area (Å²) in [5.41, 5.74) is 7.27. The van der Waals surface area contributed by atoms with Gasteiger partial charge in [0.15, 0.2) is 0 Å². The number of carbonyl (C=O) groups excluding carboxylic acids is 1. The highest BCUT2D eigenvalue weighted by Crippen LogP contribution is 2.18. The summed E-state index contributed by atoms with van der Waals surface area (Å²) in [6.45, 7) is 0. The Morgan fingerprint density at radius 1 is 1.33 bits per heavy atom. The zero-order valence-electron chi connectivity index (χ0n) is 8.44. The maximum Gasteiger partial charge on any atom is 0.244 e. The second-order valence-electron chi connectivity index (χ2n) is 3.78. The van der Waals surface area contributed by atoms with Gasteiger partial charge in [-0.05, 0) is 36.6 Å². The minimum atomic E-state index is -0.0191. The maximum absolute atomic E-state index is 11.3. The second-order valence-corrected chi connectivity index (χ2v) is 3.78. The summed E-state index contributed by atoms with van der Waals surface area (Å²) in [5, 5.41) is 2.89. The van der Waals surface area contributed by atoms with Gasteiger partial charge in [0.2, 0.25) is 5.91 Å². The van der Waals surface area contributed by atoms with Gasteiger partial charge in [-0.1, -0.05) is 12.1 Å². The van der Waals surface area contributed by atoms with Crippen LogP contribution < -0.4 is 11.1 Å². The van der Waals surface area contributed by atoms with E-state index >= 15 is 0 Å². The molecule has 1 aromatic carbocycles. The lowest BCUT2D eigenvalue weighted by Crippen LogP contribution is -2.22. The highest BCUT2D eigenvalue weighted by atomic mass is 16.1. The molecule has 0 atom stereocenters. The third-order valence-corrected chi connectivity index (χ3v) is 2.29. The summed E-state index contributed by atoms with van der Waals surface area (Å²) in [4.78, 5) is 11.3. The van der Waals surface area contributed by atoms with Crippen molar-refractivity contribution < 1.29 is 4.79 Å². The van der Waals surface area contributed by atoms with Crippen molar-refractivity contribution in [1.82, 2.24) is 5.32 Å². The first kappa shape index (κ1) is 9.77. The monoisotopic (exact) mass is 202 g/mol. The van der Waals surface area contributed by atoms with E-state index < -0.39 is 0 Å². The third kappa shape index (κ3) is 3.13. The predicted molar refractivity (Wildman–Crippen MR) is 61.1 cm³/mol. The van der Waals surface area contributed by atoms with Crippen LogP contribution in [0.2, 0.25) is 0 Å². The highest BCUT2D eigenvalue weighted by Gasteiger charge is 2.21. The summed E-state index contributed by atoms with van der Waals surface area (Å²) < 4.78 is 0. The van der Waals surface area contributed by atoms with E-state index in [2.05, 4.69) is 5.32 Å². The molecule has 0 heterocycles. The average molecular weight is 202 g/mol. The molecule has 0 radical (unpaired) electrons. The van der Waals surface area contributed by atoms with Crippen LogP contribution in [0.25, 0.3) is 6.08 Å². The van der Waals surface area contributed by atoms with E-state index in [9.17, 15) is 4.79 Å². The standard InChI is InChI=1S/C12H14N2O/c13-10-4-1-9(2-5-10)3-8-12(15)14-11-6-7-11/h1-5,8,11H,6-7,13H2,(H,14,15)/b8-3+. The highest BCUT2D eigenvalue weighted by molar-refractivity contribution is 5.92. The lowest BCUT2D eigenvalue weighted by atomic mass is 10.2. The van der Waals surface area contributed by atoms with Gasteiger partial charge in [0, 0.05) is 17.8 Å². The maximum atomic E-state index is 11.3. The van der Waals surface area contributed by atoms with Crippen molar-refractivity contribution in [2.45, 2.75) is 18.9 Å². The molecule has 3 nitrogen and oxygen atoms in total. The fourth-order valence-corrected chi connectivity index (χ4v) is 1.26. The molecule has 1 fully saturated rings. The van der Waals surface area contributed by atoms with Crippen LogP contribution in [0.1, 0.15) is 18.4 Å². The van der Waals surface area contributed by atoms with E-state index in [-0.39, 0.29) is 5.91 Å². The lowest BCUT2D eigenvalue weighted by Gasteiger charge is -1.97. The Bertz CT molecular complexity index is 377. The number of nitrogens with one attached hydrogen (secondary N) is 1. The van der Waals surface area contributed by atoms with Crippen molar-refractivity contribution >= 4 is 17.7 Å². The van der Waals surface area contributed by atoms with Crippen molar-refractivity contribution in [3.8, 4) is 0 Å². The first-order valence-electron chi connectivity index (χ1n) is 5.08. The van der Waals surface area contributed by atoms with Crippen molar-refractivity contribution in [3.05, 3.63) is 35.9 Å². The topological polar surface area (TPSA) is 55.1 Å². The number of carbonyl (C=O) groups is 1. The van der Waals surface area contributed by atoms with Crippen molar-refractivity contribution in [2.24, 2.45) is 0 Å². The lowest BCUT2D eigenvalue weighted by molar-refractivity contribution is -0.116. The van der Waals surface area contributed by atoms with Gasteiger partial charge in [0.25, 0.3) is 0 Å². The Morgan fingerprint density at radius 3 is 2.60 bits per heavy atom. The van der Waals surface area contributed by atoms with Gasteiger partial charge in [-0.2, -0.15) is 0 Å². The number of hydrogen-bond acceptors (Lipinski definition) is 2. The summed E-state index contributed by atoms with van der Waals surface area (Å²) in [5.74, 6) is -0.0191. The quantitative estimate of drug-likeness (QED) is 0.577. The van der Waals surface area contributed by atoms with Crippen LogP contribution in [0, 0.1) is 0 Å². The molecule has 0 bridgehead atoms. The van der Waals surface area contributed by atoms with E-state index in [1.807, 2.05) is 24.3 Å². The molecule has 78 valence electrons. The van der Waals surface area contributed by atoms with Gasteiger partial charge < -0.3 is 11.1 Å². The Kier molecular flexibility index (Phi) is 2.72. The largest absolute Gasteiger partial charge is 0.399 e. The Hall–Kier alpha value is -1.77. The van der Waals surface area contributed by atoms with Crippen LogP contribution >= 0.6 is 0 Å². The van der Waals surface area contributed by atoms with Gasteiger partial charge in [-0.15, -0.1) is 0 Å². The van der Waals surface area contributed by atoms with Crippen molar-refractivity contribution in [2.75, 3.05) is 5.73 Å². The number of nitrogen functional groups attached to an aromatic ring is 1. The number of amides is 1. The van der Waals surface area contributed by atoms with Gasteiger partial charge in [-0.25, -0.2) is 0 Å². The summed E-state index contributed by atoms with van der Waals surface area (Å²) in [6.07, 6.45) is 5.57. The molecule has 2 rings (SSSR count). The molecule has 0 aliphatic heterocycles. The second kappa shape index (κ2) is 4.17. The normalized spacial score (nSPS) is 15.5. The molecule has 1 saturated carbocycles. The molecule has 1 aliphatic rings. The number of benzene rings is 1. The smallest absolute Gasteiger partial charge is 0.244 e. The van der Waals surface area contributed by atoms with Crippen molar-refractivity contribution in [3.63, 3.8) is 0 Å². The van der Waals surface area contributed by atoms with E-state index in [0.717, 1.165) is 24.1 Å². The van der Waals surface area contributed by atoms with E-state index in [1.54, 1.807) is 12.2 Å². The molecular formula is C12H14N2O. The predicted octanol–water partition coefficient (Wildman–Crippen LogP) is 1.56. The zero-order chi connectivity index (χ0) is 10.7. The molecular weight excluding hydrogens is 188 g/mol. The molecule has 1 aliphatic carbocycles. The molecule has 15 heavy (non-hydrogen) atoms. The molecule has 3 N–H and O–H groups in total. The van der Waals surface area contributed by atoms with Gasteiger partial charge >= 0.3 is 0 Å². The summed E-state index contributed by atoms with van der Waals surface area (Å²) in [6, 6.07) is 7.82. The third-order valence-electron chi connectivity index (χ3n) is 2.29. The van der Waals surface area contributed by atoms with E-state index in [1.165, 1.54) is 0 Å². The molecule has 1 aromatic rings. The summed E-state index contributed by atoms with van der Waals surface area (Å²) >= 11 is 0. The van der Waals surface area contributed by atoms with Crippen LogP contribution in [0.5, 0.6) is 0 Å². The fourth-order valence-electron chi connectivity index (χ4n) is 1.26. The molecule has 0 saturated heterocycles. The molecule has 3 heteroatoms. The molecule has 0 unspecified atom stereocenters. The number of rotatable bonds is 3. The molecule has 0 spiro atoms. The van der Waals surface area contributed by atoms with Gasteiger partial charge in [0.05, 0.1) is 0 Å². The Labute approximate surface area is 89.0 Å². The number of nitrogens with two attached hydrogens (primary N) is 1. The van der Waals surface area contributed by atoms with Gasteiger partial charge in [-0.3, -0.25) is 4.79 Å². The average Bonchev–Trinajstić information content (AvgIpc) is 3.01. The minimum Gasteiger partial charge on any atom is -0.399 e. The molecule has 1 amide bonds. The number of hydrogen-bond donors (Lipinski definition) is 2. The van der Waals surface area contributed by atoms with Crippen LogP contribution in [-0.2, 0) is 4.79 Å². The van der Waals surface area contributed by atoms with Crippen LogP contribution in [0.3, 0.4) is 0 Å². The van der Waals surface area contributed by atoms with Crippen LogP contribution in [0.15, 0.2) is 30.3 Å². The zero-order valence-corrected chi connectivity index (χ0v) is 8.44. The van der Waals surface area contributed by atoms with Crippen molar-refractivity contribution in [1.29, 1.82) is 0 Å². The Morgan fingerprint density at radius 2 is 2.00 bits per heavy atom. The van der Waals surface area contributed by atoms with Crippen LogP contribution in [-0.4, -0.2) is 11.9 Å². The summed E-state index contributed by atoms with van der Waals surface area (Å²) in [7, 11) is 0. The first-order valence-corrected chi connectivity index (χ1v) is 5.08. The Balaban J connectivity index is 1.91. The minimum absolute atomic E-state index is 0.0191. The first-order chi connectivity index (χ1) is 7.24. The van der Waals surface area contributed by atoms with Crippen LogP contribution in [0.4, 0.5) is 5.69 Å².